The molecule has 0 aromatic heterocycles. The van der Waals surface area contributed by atoms with Gasteiger partial charge in [-0.15, -0.1) is 0 Å². The predicted molar refractivity (Wildman–Crippen MR) is 81.3 cm³/mol. The molecule has 0 saturated carbocycles. The molecule has 96 valence electrons. The number of aliphatic hydroxyl groups is 1. The minimum Gasteiger partial charge on any atom is -0.385 e. The normalized spacial score (nSPS) is 17.5. The van der Waals surface area contributed by atoms with Gasteiger partial charge in [-0.25, -0.2) is 8.42 Å². The fourth-order valence-electron chi connectivity index (χ4n) is 1.31. The fourth-order valence-corrected chi connectivity index (χ4v) is 4.41. The van der Waals surface area contributed by atoms with Gasteiger partial charge in [0, 0.05) is 5.75 Å². The molecule has 6 heteroatoms. The van der Waals surface area contributed by atoms with E-state index < -0.39 is 17.6 Å². The van der Waals surface area contributed by atoms with E-state index >= 15 is 0 Å². The van der Waals surface area contributed by atoms with Crippen LogP contribution < -0.4 is 0 Å². The highest BCUT2D eigenvalue weighted by Gasteiger charge is 2.44. The molecule has 0 unspecified atom stereocenters. The van der Waals surface area contributed by atoms with Crippen molar-refractivity contribution in [2.45, 2.75) is 21.6 Å². The molecule has 0 aliphatic heterocycles. The number of aryl methyl sites for hydroxylation is 1. The van der Waals surface area contributed by atoms with Crippen LogP contribution in [0.15, 0.2) is 24.3 Å². The lowest BCUT2D eigenvalue weighted by atomic mass is 10.1. The van der Waals surface area contributed by atoms with E-state index in [9.17, 15) is 13.5 Å². The fraction of sp³-hybridized carbons (Fsp3) is 0.455. The maximum Gasteiger partial charge on any atom is 0.207 e. The van der Waals surface area contributed by atoms with Gasteiger partial charge >= 0.3 is 0 Å². The van der Waals surface area contributed by atoms with Gasteiger partial charge in [-0.05, 0) is 35.1 Å². The summed E-state index contributed by atoms with van der Waals surface area (Å²) in [5, 5.41) is 10.2. The molecule has 2 atom stereocenters. The van der Waals surface area contributed by atoms with Crippen LogP contribution in [-0.2, 0) is 9.84 Å². The van der Waals surface area contributed by atoms with Crippen LogP contribution in [0.4, 0.5) is 0 Å². The quantitative estimate of drug-likeness (QED) is 0.587. The van der Waals surface area contributed by atoms with Gasteiger partial charge in [0.25, 0.3) is 0 Å². The molecule has 0 bridgehead atoms. The zero-order valence-electron chi connectivity index (χ0n) is 9.52. The lowest BCUT2D eigenvalue weighted by molar-refractivity contribution is 0.191. The standard InChI is InChI=1S/C11H14BrIO3S/c1-3-17(15,16)11(12,13)10(14)9-6-4-8(2)5-7-9/h4-7,10,14H,3H2,1-2H3/t10-,11+/m1/s1. The van der Waals surface area contributed by atoms with Crippen molar-refractivity contribution in [1.82, 2.24) is 0 Å². The maximum absolute atomic E-state index is 11.9. The van der Waals surface area contributed by atoms with Crippen molar-refractivity contribution in [2.24, 2.45) is 0 Å². The third-order valence-electron chi connectivity index (χ3n) is 2.51. The van der Waals surface area contributed by atoms with Gasteiger partial charge in [0.2, 0.25) is 1.66 Å². The Morgan fingerprint density at radius 2 is 1.88 bits per heavy atom. The van der Waals surface area contributed by atoms with Gasteiger partial charge in [0.1, 0.15) is 6.10 Å². The average molecular weight is 433 g/mol. The maximum atomic E-state index is 11.9. The first-order valence-corrected chi connectivity index (χ1v) is 8.59. The molecule has 0 aliphatic carbocycles. The average Bonchev–Trinajstić information content (AvgIpc) is 2.28. The van der Waals surface area contributed by atoms with Crippen LogP contribution in [0.25, 0.3) is 0 Å². The Bertz CT molecular complexity index is 482. The number of sulfone groups is 1. The van der Waals surface area contributed by atoms with E-state index in [-0.39, 0.29) is 5.75 Å². The van der Waals surface area contributed by atoms with Crippen LogP contribution in [0.5, 0.6) is 0 Å². The van der Waals surface area contributed by atoms with Crippen LogP contribution in [0.2, 0.25) is 0 Å². The first kappa shape index (κ1) is 15.4. The highest BCUT2D eigenvalue weighted by atomic mass is 127. The van der Waals surface area contributed by atoms with Crippen LogP contribution in [-0.4, -0.2) is 20.9 Å². The summed E-state index contributed by atoms with van der Waals surface area (Å²) in [7, 11) is -3.40. The summed E-state index contributed by atoms with van der Waals surface area (Å²) in [6, 6.07) is 7.16. The number of hydrogen-bond donors (Lipinski definition) is 1. The largest absolute Gasteiger partial charge is 0.385 e. The van der Waals surface area contributed by atoms with Crippen LogP contribution in [0, 0.1) is 6.92 Å². The number of aliphatic hydroxyl groups excluding tert-OH is 1. The van der Waals surface area contributed by atoms with Gasteiger partial charge in [0.15, 0.2) is 9.84 Å². The van der Waals surface area contributed by atoms with Crippen molar-refractivity contribution >= 4 is 48.4 Å². The van der Waals surface area contributed by atoms with E-state index in [0.29, 0.717) is 5.56 Å². The molecule has 1 rings (SSSR count). The third-order valence-corrected chi connectivity index (χ3v) is 8.84. The van der Waals surface area contributed by atoms with Gasteiger partial charge in [-0.3, -0.25) is 0 Å². The number of hydrogen-bond acceptors (Lipinski definition) is 3. The summed E-state index contributed by atoms with van der Waals surface area (Å²) in [6.45, 7) is 3.50. The van der Waals surface area contributed by atoms with Gasteiger partial charge in [0.05, 0.1) is 0 Å². The molecule has 0 spiro atoms. The lowest BCUT2D eigenvalue weighted by Gasteiger charge is -2.26. The third kappa shape index (κ3) is 3.21. The molecule has 0 radical (unpaired) electrons. The molecule has 0 saturated heterocycles. The van der Waals surface area contributed by atoms with E-state index in [0.717, 1.165) is 5.56 Å². The van der Waals surface area contributed by atoms with Crippen molar-refractivity contribution in [3.05, 3.63) is 35.4 Å². The number of benzene rings is 1. The van der Waals surface area contributed by atoms with Crippen LogP contribution >= 0.6 is 38.5 Å². The minimum atomic E-state index is -3.40. The molecule has 0 amide bonds. The summed E-state index contributed by atoms with van der Waals surface area (Å²) in [5.74, 6) is -0.0237. The molecule has 1 N–H and O–H groups in total. The highest BCUT2D eigenvalue weighted by Crippen LogP contribution is 2.45. The zero-order valence-corrected chi connectivity index (χ0v) is 14.1. The number of alkyl halides is 2. The van der Waals surface area contributed by atoms with E-state index in [4.69, 9.17) is 0 Å². The predicted octanol–water partition coefficient (Wildman–Crippen LogP) is 2.95. The molecule has 1 aromatic rings. The van der Waals surface area contributed by atoms with Gasteiger partial charge < -0.3 is 5.11 Å². The first-order chi connectivity index (χ1) is 7.72. The molecule has 3 nitrogen and oxygen atoms in total. The SMILES string of the molecule is CCS(=O)(=O)[C@@](Br)(I)[C@H](O)c1ccc(C)cc1. The monoisotopic (exact) mass is 432 g/mol. The van der Waals surface area contributed by atoms with E-state index in [1.807, 2.05) is 19.1 Å². The molecule has 0 fully saturated rings. The second-order valence-corrected chi connectivity index (χ2v) is 11.9. The topological polar surface area (TPSA) is 54.4 Å². The Morgan fingerprint density at radius 3 is 2.29 bits per heavy atom. The van der Waals surface area contributed by atoms with Crippen LogP contribution in [0.1, 0.15) is 24.2 Å². The Morgan fingerprint density at radius 1 is 1.41 bits per heavy atom. The minimum absolute atomic E-state index is 0.0237. The number of halogens is 2. The van der Waals surface area contributed by atoms with Gasteiger partial charge in [-0.1, -0.05) is 52.7 Å². The molecule has 0 aliphatic rings. The Kier molecular flexibility index (Phi) is 5.02. The van der Waals surface area contributed by atoms with E-state index in [1.54, 1.807) is 41.6 Å². The smallest absolute Gasteiger partial charge is 0.207 e. The molecule has 0 heterocycles. The summed E-state index contributed by atoms with van der Waals surface area (Å²) >= 11 is 4.87. The van der Waals surface area contributed by atoms with Crippen molar-refractivity contribution in [3.8, 4) is 0 Å². The first-order valence-electron chi connectivity index (χ1n) is 5.07. The van der Waals surface area contributed by atoms with Crippen LogP contribution in [0.3, 0.4) is 0 Å². The van der Waals surface area contributed by atoms with Crippen molar-refractivity contribution in [2.75, 3.05) is 5.75 Å². The number of rotatable bonds is 4. The Balaban J connectivity index is 3.12. The van der Waals surface area contributed by atoms with Crippen molar-refractivity contribution in [3.63, 3.8) is 0 Å². The zero-order chi connectivity index (χ0) is 13.3. The van der Waals surface area contributed by atoms with E-state index in [1.165, 1.54) is 0 Å². The summed E-state index contributed by atoms with van der Waals surface area (Å²) < 4.78 is 22.4. The Hall–Kier alpha value is 0.340. The summed E-state index contributed by atoms with van der Waals surface area (Å²) in [6.07, 6.45) is -1.10. The van der Waals surface area contributed by atoms with Gasteiger partial charge in [-0.2, -0.15) is 0 Å². The lowest BCUT2D eigenvalue weighted by Crippen LogP contribution is -2.33. The highest BCUT2D eigenvalue weighted by molar-refractivity contribution is 14.1. The van der Waals surface area contributed by atoms with Crippen molar-refractivity contribution in [1.29, 1.82) is 0 Å². The summed E-state index contributed by atoms with van der Waals surface area (Å²) in [4.78, 5) is 0. The second-order valence-electron chi connectivity index (χ2n) is 3.78. The summed E-state index contributed by atoms with van der Waals surface area (Å²) in [5.41, 5.74) is 1.65. The Labute approximate surface area is 124 Å². The molecule has 1 aromatic carbocycles. The molecule has 17 heavy (non-hydrogen) atoms. The second kappa shape index (κ2) is 5.54. The molecular weight excluding hydrogens is 419 g/mol. The molecular formula is C11H14BrIO3S. The van der Waals surface area contributed by atoms with Crippen molar-refractivity contribution < 1.29 is 13.5 Å². The van der Waals surface area contributed by atoms with E-state index in [2.05, 4.69) is 15.9 Å².